The van der Waals surface area contributed by atoms with E-state index >= 15 is 0 Å². The Balaban J connectivity index is 1.46. The molecular weight excluding hydrogens is 334 g/mol. The number of benzene rings is 2. The van der Waals surface area contributed by atoms with Crippen molar-refractivity contribution < 1.29 is 19.4 Å². The molecule has 0 aliphatic carbocycles. The molecule has 134 valence electrons. The summed E-state index contributed by atoms with van der Waals surface area (Å²) in [7, 11) is 0. The highest BCUT2D eigenvalue weighted by atomic mass is 16.5. The Labute approximate surface area is 150 Å². The van der Waals surface area contributed by atoms with Crippen molar-refractivity contribution in [3.63, 3.8) is 0 Å². The second-order valence-electron chi connectivity index (χ2n) is 5.68. The molecule has 3 rings (SSSR count). The summed E-state index contributed by atoms with van der Waals surface area (Å²) in [6.07, 6.45) is 2.50. The third-order valence-corrected chi connectivity index (χ3v) is 3.61. The average molecular weight is 353 g/mol. The van der Waals surface area contributed by atoms with Crippen LogP contribution in [0.5, 0.6) is 5.75 Å². The first-order valence-corrected chi connectivity index (χ1v) is 8.17. The van der Waals surface area contributed by atoms with Gasteiger partial charge in [-0.15, -0.1) is 5.10 Å². The predicted octanol–water partition coefficient (Wildman–Crippen LogP) is 2.07. The predicted molar refractivity (Wildman–Crippen MR) is 93.5 cm³/mol. The number of rotatable bonds is 8. The first-order chi connectivity index (χ1) is 12.7. The molecule has 0 unspecified atom stereocenters. The molecule has 0 saturated carbocycles. The summed E-state index contributed by atoms with van der Waals surface area (Å²) in [4.78, 5) is 12.1. The van der Waals surface area contributed by atoms with E-state index in [1.807, 2.05) is 30.3 Å². The lowest BCUT2D eigenvalue weighted by Crippen LogP contribution is -2.23. The number of aliphatic hydroxyl groups is 1. The first-order valence-electron chi connectivity index (χ1n) is 8.17. The molecule has 0 fully saturated rings. The number of ether oxygens (including phenoxy) is 2. The van der Waals surface area contributed by atoms with Gasteiger partial charge in [-0.2, -0.15) is 0 Å². The normalized spacial score (nSPS) is 11.7. The van der Waals surface area contributed by atoms with Crippen molar-refractivity contribution >= 4 is 5.97 Å². The van der Waals surface area contributed by atoms with E-state index in [9.17, 15) is 9.90 Å². The quantitative estimate of drug-likeness (QED) is 0.624. The Morgan fingerprint density at radius 3 is 2.58 bits per heavy atom. The Morgan fingerprint density at radius 1 is 1.12 bits per heavy atom. The Kier molecular flexibility index (Phi) is 5.95. The number of aromatic nitrogens is 3. The van der Waals surface area contributed by atoms with Gasteiger partial charge in [0.25, 0.3) is 0 Å². The second-order valence-corrected chi connectivity index (χ2v) is 5.68. The maximum atomic E-state index is 12.1. The van der Waals surface area contributed by atoms with Crippen molar-refractivity contribution in [3.8, 4) is 5.75 Å². The van der Waals surface area contributed by atoms with E-state index in [4.69, 9.17) is 9.47 Å². The minimum absolute atomic E-state index is 0.109. The molecule has 1 aromatic heterocycles. The Hall–Kier alpha value is -3.19. The first kappa shape index (κ1) is 17.6. The van der Waals surface area contributed by atoms with Crippen molar-refractivity contribution in [2.75, 3.05) is 6.61 Å². The van der Waals surface area contributed by atoms with Crippen LogP contribution >= 0.6 is 0 Å². The van der Waals surface area contributed by atoms with Gasteiger partial charge in [-0.1, -0.05) is 35.5 Å². The molecule has 3 aromatic rings. The van der Waals surface area contributed by atoms with Crippen molar-refractivity contribution in [1.82, 2.24) is 15.0 Å². The van der Waals surface area contributed by atoms with Crippen LogP contribution in [0.15, 0.2) is 67.0 Å². The number of hydrogen-bond donors (Lipinski definition) is 1. The lowest BCUT2D eigenvalue weighted by atomic mass is 10.2. The van der Waals surface area contributed by atoms with Crippen LogP contribution in [0.1, 0.15) is 15.9 Å². The third kappa shape index (κ3) is 5.15. The van der Waals surface area contributed by atoms with Gasteiger partial charge in [0, 0.05) is 6.20 Å². The van der Waals surface area contributed by atoms with E-state index in [0.717, 1.165) is 5.56 Å². The van der Waals surface area contributed by atoms with Crippen molar-refractivity contribution in [3.05, 3.63) is 78.1 Å². The van der Waals surface area contributed by atoms with Gasteiger partial charge >= 0.3 is 5.97 Å². The highest BCUT2D eigenvalue weighted by Gasteiger charge is 2.10. The molecule has 0 radical (unpaired) electrons. The van der Waals surface area contributed by atoms with Crippen LogP contribution in [0, 0.1) is 0 Å². The summed E-state index contributed by atoms with van der Waals surface area (Å²) in [5.74, 6) is 0.161. The van der Waals surface area contributed by atoms with E-state index in [1.54, 1.807) is 36.7 Å². The zero-order valence-corrected chi connectivity index (χ0v) is 14.1. The molecule has 26 heavy (non-hydrogen) atoms. The zero-order chi connectivity index (χ0) is 18.2. The van der Waals surface area contributed by atoms with Crippen LogP contribution in [0.2, 0.25) is 0 Å². The van der Waals surface area contributed by atoms with E-state index in [1.165, 1.54) is 4.68 Å². The molecule has 2 aromatic carbocycles. The smallest absolute Gasteiger partial charge is 0.338 e. The molecule has 0 aliphatic heterocycles. The summed E-state index contributed by atoms with van der Waals surface area (Å²) in [5.41, 5.74) is 1.37. The molecule has 0 aliphatic rings. The number of aliphatic hydroxyl groups excluding tert-OH is 1. The molecule has 1 atom stereocenters. The lowest BCUT2D eigenvalue weighted by Gasteiger charge is -2.12. The number of nitrogens with zero attached hydrogens (tertiary/aromatic N) is 3. The SMILES string of the molecule is O=C(OCc1ccccc1)c1ccc(OC[C@H](O)Cn2ccnn2)cc1. The molecule has 0 saturated heterocycles. The minimum atomic E-state index is -0.716. The number of esters is 1. The van der Waals surface area contributed by atoms with Gasteiger partial charge in [0.2, 0.25) is 0 Å². The van der Waals surface area contributed by atoms with Crippen LogP contribution in [0.25, 0.3) is 0 Å². The van der Waals surface area contributed by atoms with E-state index in [2.05, 4.69) is 10.3 Å². The maximum absolute atomic E-state index is 12.1. The summed E-state index contributed by atoms with van der Waals surface area (Å²) in [6.45, 7) is 0.633. The minimum Gasteiger partial charge on any atom is -0.491 e. The van der Waals surface area contributed by atoms with Gasteiger partial charge in [-0.25, -0.2) is 9.48 Å². The zero-order valence-electron chi connectivity index (χ0n) is 14.1. The fraction of sp³-hybridized carbons (Fsp3) is 0.211. The van der Waals surface area contributed by atoms with Crippen LogP contribution in [-0.4, -0.2) is 38.8 Å². The fourth-order valence-corrected chi connectivity index (χ4v) is 2.28. The second kappa shape index (κ2) is 8.77. The highest BCUT2D eigenvalue weighted by molar-refractivity contribution is 5.89. The average Bonchev–Trinajstić information content (AvgIpc) is 3.18. The van der Waals surface area contributed by atoms with E-state index in [-0.39, 0.29) is 13.2 Å². The summed E-state index contributed by atoms with van der Waals surface area (Å²) >= 11 is 0. The van der Waals surface area contributed by atoms with Gasteiger partial charge in [-0.05, 0) is 29.8 Å². The fourth-order valence-electron chi connectivity index (χ4n) is 2.28. The standard InChI is InChI=1S/C19H19N3O4/c23-17(12-22-11-10-20-21-22)14-25-18-8-6-16(7-9-18)19(24)26-13-15-4-2-1-3-5-15/h1-11,17,23H,12-14H2/t17-/m1/s1. The maximum Gasteiger partial charge on any atom is 0.338 e. The molecular formula is C19H19N3O4. The van der Waals surface area contributed by atoms with Crippen LogP contribution in [0.4, 0.5) is 0 Å². The molecule has 0 spiro atoms. The van der Waals surface area contributed by atoms with Crippen LogP contribution in [0.3, 0.4) is 0 Å². The molecule has 0 bridgehead atoms. The van der Waals surface area contributed by atoms with E-state index in [0.29, 0.717) is 17.9 Å². The molecule has 7 nitrogen and oxygen atoms in total. The van der Waals surface area contributed by atoms with Crippen molar-refractivity contribution in [1.29, 1.82) is 0 Å². The molecule has 0 amide bonds. The van der Waals surface area contributed by atoms with Crippen LogP contribution in [-0.2, 0) is 17.9 Å². The Bertz CT molecular complexity index is 805. The van der Waals surface area contributed by atoms with Gasteiger partial charge < -0.3 is 14.6 Å². The highest BCUT2D eigenvalue weighted by Crippen LogP contribution is 2.14. The van der Waals surface area contributed by atoms with Crippen LogP contribution < -0.4 is 4.74 Å². The molecule has 1 N–H and O–H groups in total. The number of carbonyl (C=O) groups excluding carboxylic acids is 1. The van der Waals surface area contributed by atoms with E-state index < -0.39 is 12.1 Å². The third-order valence-electron chi connectivity index (χ3n) is 3.61. The van der Waals surface area contributed by atoms with Gasteiger partial charge in [0.05, 0.1) is 18.3 Å². The lowest BCUT2D eigenvalue weighted by molar-refractivity contribution is 0.0472. The summed E-state index contributed by atoms with van der Waals surface area (Å²) < 4.78 is 12.3. The molecule has 7 heteroatoms. The monoisotopic (exact) mass is 353 g/mol. The largest absolute Gasteiger partial charge is 0.491 e. The Morgan fingerprint density at radius 2 is 1.88 bits per heavy atom. The van der Waals surface area contributed by atoms with Crippen molar-refractivity contribution in [2.45, 2.75) is 19.3 Å². The number of carbonyl (C=O) groups is 1. The van der Waals surface area contributed by atoms with Gasteiger partial charge in [-0.3, -0.25) is 0 Å². The number of hydrogen-bond acceptors (Lipinski definition) is 6. The van der Waals surface area contributed by atoms with Gasteiger partial charge in [0.15, 0.2) is 0 Å². The van der Waals surface area contributed by atoms with Crippen molar-refractivity contribution in [2.24, 2.45) is 0 Å². The topological polar surface area (TPSA) is 86.5 Å². The summed E-state index contributed by atoms with van der Waals surface area (Å²) in [6, 6.07) is 16.1. The summed E-state index contributed by atoms with van der Waals surface area (Å²) in [5, 5.41) is 17.4. The molecule has 1 heterocycles. The van der Waals surface area contributed by atoms with Gasteiger partial charge in [0.1, 0.15) is 25.1 Å².